The van der Waals surface area contributed by atoms with Gasteiger partial charge in [0.15, 0.2) is 0 Å². The van der Waals surface area contributed by atoms with Crippen molar-refractivity contribution in [2.24, 2.45) is 0 Å². The summed E-state index contributed by atoms with van der Waals surface area (Å²) in [5, 5.41) is 0. The molecule has 0 unspecified atom stereocenters. The molecule has 25 heavy (non-hydrogen) atoms. The van der Waals surface area contributed by atoms with Crippen LogP contribution in [0.4, 0.5) is 0 Å². The molecule has 1 atom stereocenters. The van der Waals surface area contributed by atoms with E-state index in [0.29, 0.717) is 5.92 Å². The van der Waals surface area contributed by atoms with E-state index in [2.05, 4.69) is 92.2 Å². The lowest BCUT2D eigenvalue weighted by Crippen LogP contribution is -1.91. The van der Waals surface area contributed by atoms with Crippen LogP contribution in [0.25, 0.3) is 0 Å². The van der Waals surface area contributed by atoms with E-state index in [4.69, 9.17) is 0 Å². The summed E-state index contributed by atoms with van der Waals surface area (Å²) in [5.41, 5.74) is 4.06. The van der Waals surface area contributed by atoms with Crippen molar-refractivity contribution in [2.75, 3.05) is 0 Å². The second kappa shape index (κ2) is 12.5. The molecule has 0 saturated carbocycles. The maximum Gasteiger partial charge on any atom is 0.0210 e. The Bertz CT molecular complexity index is 652. The molecule has 3 rings (SSSR count). The van der Waals surface area contributed by atoms with Crippen LogP contribution < -0.4 is 0 Å². The molecule has 0 aromatic heterocycles. The fraction of sp³-hybridized carbons (Fsp3) is 0.250. The normalized spacial score (nSPS) is 10.6. The molecule has 132 valence electrons. The minimum absolute atomic E-state index is 0.658. The predicted octanol–water partition coefficient (Wildman–Crippen LogP) is 7.95. The highest BCUT2D eigenvalue weighted by atomic mass is 79.9. The Hall–Kier alpha value is -1.86. The van der Waals surface area contributed by atoms with Crippen LogP contribution in [0.5, 0.6) is 0 Å². The first kappa shape index (κ1) is 21.2. The quantitative estimate of drug-likeness (QED) is 0.412. The summed E-state index contributed by atoms with van der Waals surface area (Å²) in [6.07, 6.45) is 1.20. The molecule has 0 nitrogen and oxygen atoms in total. The summed E-state index contributed by atoms with van der Waals surface area (Å²) in [6, 6.07) is 28.9. The van der Waals surface area contributed by atoms with E-state index in [-0.39, 0.29) is 0 Å². The maximum atomic E-state index is 3.54. The summed E-state index contributed by atoms with van der Waals surface area (Å²) >= 11 is 3.54. The first-order chi connectivity index (χ1) is 12.0. The maximum absolute atomic E-state index is 3.54. The van der Waals surface area contributed by atoms with E-state index in [1.807, 2.05) is 36.4 Å². The van der Waals surface area contributed by atoms with Gasteiger partial charge >= 0.3 is 0 Å². The highest BCUT2D eigenvalue weighted by molar-refractivity contribution is 9.10. The number of rotatable bonds is 2. The SMILES string of the molecule is CC[C@@H](C)c1ccccc1Br.Cc1ccccc1.Cc1ccccc1. The van der Waals surface area contributed by atoms with Crippen molar-refractivity contribution in [1.82, 2.24) is 0 Å². The van der Waals surface area contributed by atoms with Gasteiger partial charge in [-0.05, 0) is 37.8 Å². The lowest BCUT2D eigenvalue weighted by atomic mass is 9.99. The van der Waals surface area contributed by atoms with Crippen LogP contribution in [0.3, 0.4) is 0 Å². The zero-order valence-electron chi connectivity index (χ0n) is 15.7. The molecule has 3 aromatic carbocycles. The summed E-state index contributed by atoms with van der Waals surface area (Å²) in [6.45, 7) is 8.63. The molecule has 0 spiro atoms. The summed E-state index contributed by atoms with van der Waals surface area (Å²) < 4.78 is 1.23. The molecule has 0 aliphatic rings. The van der Waals surface area contributed by atoms with Crippen molar-refractivity contribution in [2.45, 2.75) is 40.0 Å². The Labute approximate surface area is 162 Å². The number of halogens is 1. The van der Waals surface area contributed by atoms with Gasteiger partial charge in [-0.25, -0.2) is 0 Å². The number of hydrogen-bond donors (Lipinski definition) is 0. The third-order valence-electron chi connectivity index (χ3n) is 3.93. The van der Waals surface area contributed by atoms with Gasteiger partial charge in [0.05, 0.1) is 0 Å². The monoisotopic (exact) mass is 396 g/mol. The fourth-order valence-electron chi connectivity index (χ4n) is 2.16. The van der Waals surface area contributed by atoms with E-state index in [0.717, 1.165) is 0 Å². The Kier molecular flexibility index (Phi) is 10.6. The van der Waals surface area contributed by atoms with Crippen LogP contribution in [0, 0.1) is 13.8 Å². The predicted molar refractivity (Wildman–Crippen MR) is 115 cm³/mol. The molecular weight excluding hydrogens is 368 g/mol. The summed E-state index contributed by atoms with van der Waals surface area (Å²) in [4.78, 5) is 0. The van der Waals surface area contributed by atoms with E-state index >= 15 is 0 Å². The lowest BCUT2D eigenvalue weighted by Gasteiger charge is -2.10. The molecular formula is C24H29Br. The molecule has 0 aliphatic heterocycles. The van der Waals surface area contributed by atoms with Crippen LogP contribution in [0.15, 0.2) is 89.4 Å². The minimum atomic E-state index is 0.658. The van der Waals surface area contributed by atoms with Gasteiger partial charge < -0.3 is 0 Å². The Balaban J connectivity index is 0.000000195. The van der Waals surface area contributed by atoms with Gasteiger partial charge in [-0.2, -0.15) is 0 Å². The third-order valence-corrected chi connectivity index (χ3v) is 4.65. The zero-order valence-corrected chi connectivity index (χ0v) is 17.3. The van der Waals surface area contributed by atoms with Gasteiger partial charge in [-0.1, -0.05) is 120 Å². The summed E-state index contributed by atoms with van der Waals surface area (Å²) in [5.74, 6) is 0.658. The van der Waals surface area contributed by atoms with Crippen LogP contribution in [-0.2, 0) is 0 Å². The van der Waals surface area contributed by atoms with Crippen LogP contribution in [0.2, 0.25) is 0 Å². The van der Waals surface area contributed by atoms with Crippen LogP contribution in [0.1, 0.15) is 42.9 Å². The molecule has 0 N–H and O–H groups in total. The molecule has 1 heteroatoms. The van der Waals surface area contributed by atoms with Crippen molar-refractivity contribution < 1.29 is 0 Å². The van der Waals surface area contributed by atoms with Crippen molar-refractivity contribution in [3.8, 4) is 0 Å². The third kappa shape index (κ3) is 9.26. The van der Waals surface area contributed by atoms with Crippen LogP contribution >= 0.6 is 15.9 Å². The van der Waals surface area contributed by atoms with Crippen molar-refractivity contribution in [1.29, 1.82) is 0 Å². The molecule has 0 aliphatic carbocycles. The van der Waals surface area contributed by atoms with Crippen molar-refractivity contribution in [3.05, 3.63) is 106 Å². The second-order valence-corrected chi connectivity index (χ2v) is 6.99. The molecule has 0 heterocycles. The average molecular weight is 397 g/mol. The highest BCUT2D eigenvalue weighted by Gasteiger charge is 2.04. The zero-order chi connectivity index (χ0) is 18.5. The van der Waals surface area contributed by atoms with E-state index in [1.165, 1.54) is 27.6 Å². The van der Waals surface area contributed by atoms with Gasteiger partial charge in [-0.3, -0.25) is 0 Å². The van der Waals surface area contributed by atoms with Gasteiger partial charge in [0.2, 0.25) is 0 Å². The Morgan fingerprint density at radius 2 is 1.08 bits per heavy atom. The van der Waals surface area contributed by atoms with Gasteiger partial charge in [0, 0.05) is 4.47 Å². The van der Waals surface area contributed by atoms with E-state index in [9.17, 15) is 0 Å². The van der Waals surface area contributed by atoms with Crippen molar-refractivity contribution in [3.63, 3.8) is 0 Å². The Morgan fingerprint density at radius 3 is 1.40 bits per heavy atom. The molecule has 0 amide bonds. The Morgan fingerprint density at radius 1 is 0.680 bits per heavy atom. The molecule has 0 fully saturated rings. The molecule has 3 aromatic rings. The molecule has 0 bridgehead atoms. The van der Waals surface area contributed by atoms with Crippen molar-refractivity contribution >= 4 is 15.9 Å². The average Bonchev–Trinajstić information content (AvgIpc) is 2.64. The topological polar surface area (TPSA) is 0 Å². The highest BCUT2D eigenvalue weighted by Crippen LogP contribution is 2.26. The van der Waals surface area contributed by atoms with Crippen LogP contribution in [-0.4, -0.2) is 0 Å². The largest absolute Gasteiger partial charge is 0.0648 e. The van der Waals surface area contributed by atoms with Gasteiger partial charge in [0.1, 0.15) is 0 Å². The number of aryl methyl sites for hydroxylation is 2. The molecule has 0 saturated heterocycles. The van der Waals surface area contributed by atoms with E-state index < -0.39 is 0 Å². The number of benzene rings is 3. The standard InChI is InChI=1S/C10H13Br.2C7H8/c1-3-8(2)9-6-4-5-7-10(9)11;2*1-7-5-3-2-4-6-7/h4-8H,3H2,1-2H3;2*2-6H,1H3/t8-;;/m1../s1. The van der Waals surface area contributed by atoms with Gasteiger partial charge in [-0.15, -0.1) is 0 Å². The van der Waals surface area contributed by atoms with E-state index in [1.54, 1.807) is 0 Å². The smallest absolute Gasteiger partial charge is 0.0210 e. The fourth-order valence-corrected chi connectivity index (χ4v) is 2.84. The first-order valence-electron chi connectivity index (χ1n) is 8.82. The van der Waals surface area contributed by atoms with Gasteiger partial charge in [0.25, 0.3) is 0 Å². The number of hydrogen-bond acceptors (Lipinski definition) is 0. The lowest BCUT2D eigenvalue weighted by molar-refractivity contribution is 0.730. The molecule has 0 radical (unpaired) electrons. The minimum Gasteiger partial charge on any atom is -0.0648 e. The summed E-state index contributed by atoms with van der Waals surface area (Å²) in [7, 11) is 0. The second-order valence-electron chi connectivity index (χ2n) is 6.14. The first-order valence-corrected chi connectivity index (χ1v) is 9.61.